The van der Waals surface area contributed by atoms with Gasteiger partial charge in [-0.2, -0.15) is 0 Å². The number of nitrogens with one attached hydrogen (secondary N) is 1. The molecule has 6 nitrogen and oxygen atoms in total. The number of piperidine rings is 1. The van der Waals surface area contributed by atoms with Crippen molar-refractivity contribution in [3.05, 3.63) is 53.0 Å². The predicted molar refractivity (Wildman–Crippen MR) is 104 cm³/mol. The Morgan fingerprint density at radius 1 is 1.21 bits per heavy atom. The first-order valence-electron chi connectivity index (χ1n) is 9.97. The molecule has 0 saturated carbocycles. The molecule has 148 valence electrons. The number of Topliss-reactive ketones (excluding diaryl/α,β-unsaturated/α-hetero) is 1. The average molecular weight is 383 g/mol. The number of carbonyl (C=O) groups excluding carboxylic acids is 2. The SMILES string of the molecule is Cc1coc(C)c1C(=O)C[C@@]1(O)C(=O)N(C[NH+]2CCCCC2)c2ccccc21. The highest BCUT2D eigenvalue weighted by atomic mass is 16.3. The van der Waals surface area contributed by atoms with Crippen LogP contribution < -0.4 is 9.80 Å². The van der Waals surface area contributed by atoms with Crippen molar-refractivity contribution < 1.29 is 24.0 Å². The van der Waals surface area contributed by atoms with Gasteiger partial charge in [0, 0.05) is 5.56 Å². The van der Waals surface area contributed by atoms with Crippen molar-refractivity contribution in [1.82, 2.24) is 0 Å². The molecule has 1 atom stereocenters. The van der Waals surface area contributed by atoms with Crippen molar-refractivity contribution in [2.75, 3.05) is 24.7 Å². The normalized spacial score (nSPS) is 22.5. The van der Waals surface area contributed by atoms with Gasteiger partial charge in [0.1, 0.15) is 5.76 Å². The topological polar surface area (TPSA) is 75.2 Å². The molecule has 0 spiro atoms. The van der Waals surface area contributed by atoms with E-state index < -0.39 is 11.5 Å². The number of hydrogen-bond acceptors (Lipinski definition) is 4. The first kappa shape index (κ1) is 18.9. The molecule has 2 N–H and O–H groups in total. The molecule has 4 rings (SSSR count). The monoisotopic (exact) mass is 383 g/mol. The number of hydrogen-bond donors (Lipinski definition) is 2. The molecule has 3 heterocycles. The number of ketones is 1. The van der Waals surface area contributed by atoms with Gasteiger partial charge in [0.05, 0.1) is 37.0 Å². The van der Waals surface area contributed by atoms with Crippen molar-refractivity contribution >= 4 is 17.4 Å². The van der Waals surface area contributed by atoms with Gasteiger partial charge in [-0.1, -0.05) is 18.2 Å². The molecule has 1 saturated heterocycles. The molecule has 1 aromatic carbocycles. The molecule has 1 aromatic heterocycles. The summed E-state index contributed by atoms with van der Waals surface area (Å²) in [7, 11) is 0. The van der Waals surface area contributed by atoms with Crippen LogP contribution in [0.1, 0.15) is 52.9 Å². The molecular weight excluding hydrogens is 356 g/mol. The molecule has 1 fully saturated rings. The third-order valence-corrected chi connectivity index (χ3v) is 6.04. The summed E-state index contributed by atoms with van der Waals surface area (Å²) in [6.45, 7) is 6.09. The first-order chi connectivity index (χ1) is 13.4. The van der Waals surface area contributed by atoms with Crippen LogP contribution in [0, 0.1) is 13.8 Å². The number of fused-ring (bicyclic) bond motifs is 1. The van der Waals surface area contributed by atoms with Gasteiger partial charge in [0.25, 0.3) is 5.91 Å². The van der Waals surface area contributed by atoms with E-state index in [1.54, 1.807) is 30.9 Å². The van der Waals surface area contributed by atoms with Crippen LogP contribution in [0.15, 0.2) is 34.9 Å². The maximum absolute atomic E-state index is 13.3. The van der Waals surface area contributed by atoms with Crippen LogP contribution in [0.4, 0.5) is 5.69 Å². The molecule has 0 unspecified atom stereocenters. The Bertz CT molecular complexity index is 894. The zero-order chi connectivity index (χ0) is 19.9. The number of amides is 1. The Morgan fingerprint density at radius 2 is 1.93 bits per heavy atom. The summed E-state index contributed by atoms with van der Waals surface area (Å²) in [5, 5.41) is 11.4. The number of benzene rings is 1. The van der Waals surface area contributed by atoms with Gasteiger partial charge >= 0.3 is 0 Å². The number of para-hydroxylation sites is 1. The van der Waals surface area contributed by atoms with Crippen LogP contribution in [0.25, 0.3) is 0 Å². The molecule has 28 heavy (non-hydrogen) atoms. The van der Waals surface area contributed by atoms with Gasteiger partial charge in [-0.25, -0.2) is 0 Å². The summed E-state index contributed by atoms with van der Waals surface area (Å²) in [5.41, 5.74) is 0.572. The quantitative estimate of drug-likeness (QED) is 0.771. The number of furan rings is 1. The van der Waals surface area contributed by atoms with E-state index in [0.717, 1.165) is 31.5 Å². The number of nitrogens with zero attached hydrogens (tertiary/aromatic N) is 1. The fourth-order valence-electron chi connectivity index (χ4n) is 4.58. The van der Waals surface area contributed by atoms with Crippen molar-refractivity contribution in [2.24, 2.45) is 0 Å². The van der Waals surface area contributed by atoms with E-state index in [-0.39, 0.29) is 12.2 Å². The third kappa shape index (κ3) is 3.06. The molecule has 2 aromatic rings. The number of quaternary nitrogens is 1. The number of carbonyl (C=O) groups is 2. The fourth-order valence-corrected chi connectivity index (χ4v) is 4.58. The lowest BCUT2D eigenvalue weighted by molar-refractivity contribution is -0.903. The highest BCUT2D eigenvalue weighted by molar-refractivity contribution is 6.11. The van der Waals surface area contributed by atoms with Crippen LogP contribution >= 0.6 is 0 Å². The summed E-state index contributed by atoms with van der Waals surface area (Å²) in [4.78, 5) is 29.3. The predicted octanol–water partition coefficient (Wildman–Crippen LogP) is 1.73. The molecule has 0 radical (unpaired) electrons. The fraction of sp³-hybridized carbons (Fsp3) is 0.455. The molecule has 0 aliphatic carbocycles. The minimum Gasteiger partial charge on any atom is -0.469 e. The van der Waals surface area contributed by atoms with Crippen LogP contribution in [-0.2, 0) is 10.4 Å². The van der Waals surface area contributed by atoms with Crippen molar-refractivity contribution in [1.29, 1.82) is 0 Å². The Morgan fingerprint density at radius 3 is 2.61 bits per heavy atom. The van der Waals surface area contributed by atoms with E-state index in [2.05, 4.69) is 0 Å². The van der Waals surface area contributed by atoms with E-state index in [9.17, 15) is 14.7 Å². The van der Waals surface area contributed by atoms with Gasteiger partial charge in [-0.3, -0.25) is 14.5 Å². The molecule has 2 aliphatic heterocycles. The summed E-state index contributed by atoms with van der Waals surface area (Å²) >= 11 is 0. The Balaban J connectivity index is 1.65. The van der Waals surface area contributed by atoms with E-state index in [4.69, 9.17) is 4.42 Å². The van der Waals surface area contributed by atoms with Crippen LogP contribution in [0.2, 0.25) is 0 Å². The number of anilines is 1. The maximum Gasteiger partial charge on any atom is 0.268 e. The standard InChI is InChI=1S/C22H26N2O4/c1-15-13-28-16(2)20(15)19(25)12-22(27)17-8-4-5-9-18(17)24(21(22)26)14-23-10-6-3-7-11-23/h4-5,8-9,13,27H,3,6-7,10-12,14H2,1-2H3/p+1/t22-/m0/s1. The number of likely N-dealkylation sites (tertiary alicyclic amines) is 1. The van der Waals surface area contributed by atoms with E-state index in [1.165, 1.54) is 17.6 Å². The second-order valence-corrected chi connectivity index (χ2v) is 8.03. The molecule has 0 bridgehead atoms. The smallest absolute Gasteiger partial charge is 0.268 e. The number of rotatable bonds is 5. The first-order valence-corrected chi connectivity index (χ1v) is 9.97. The minimum absolute atomic E-state index is 0.276. The number of aryl methyl sites for hydroxylation is 2. The lowest BCUT2D eigenvalue weighted by Gasteiger charge is -2.29. The molecule has 2 aliphatic rings. The summed E-state index contributed by atoms with van der Waals surface area (Å²) in [6.07, 6.45) is 4.79. The third-order valence-electron chi connectivity index (χ3n) is 6.04. The molecular formula is C22H27N2O4+. The molecule has 1 amide bonds. The van der Waals surface area contributed by atoms with E-state index in [1.807, 2.05) is 12.1 Å². The van der Waals surface area contributed by atoms with Crippen molar-refractivity contribution in [2.45, 2.75) is 45.1 Å². The highest BCUT2D eigenvalue weighted by Crippen LogP contribution is 2.42. The summed E-state index contributed by atoms with van der Waals surface area (Å²) < 4.78 is 5.33. The summed E-state index contributed by atoms with van der Waals surface area (Å²) in [5.74, 6) is -0.167. The number of aliphatic hydroxyl groups is 1. The summed E-state index contributed by atoms with van der Waals surface area (Å²) in [6, 6.07) is 7.27. The Kier molecular flexibility index (Phi) is 4.85. The van der Waals surface area contributed by atoms with E-state index in [0.29, 0.717) is 29.2 Å². The van der Waals surface area contributed by atoms with E-state index >= 15 is 0 Å². The van der Waals surface area contributed by atoms with Crippen LogP contribution in [0.3, 0.4) is 0 Å². The van der Waals surface area contributed by atoms with Gasteiger partial charge in [0.2, 0.25) is 0 Å². The lowest BCUT2D eigenvalue weighted by Crippen LogP contribution is -3.14. The Hall–Kier alpha value is -2.44. The average Bonchev–Trinajstić information content (AvgIpc) is 3.13. The highest BCUT2D eigenvalue weighted by Gasteiger charge is 2.52. The van der Waals surface area contributed by atoms with Gasteiger partial charge in [-0.15, -0.1) is 0 Å². The van der Waals surface area contributed by atoms with Crippen LogP contribution in [0.5, 0.6) is 0 Å². The van der Waals surface area contributed by atoms with Crippen molar-refractivity contribution in [3.8, 4) is 0 Å². The zero-order valence-electron chi connectivity index (χ0n) is 16.5. The zero-order valence-corrected chi connectivity index (χ0v) is 16.5. The maximum atomic E-state index is 13.3. The molecule has 6 heteroatoms. The Labute approximate surface area is 164 Å². The minimum atomic E-state index is -1.83. The van der Waals surface area contributed by atoms with Gasteiger partial charge in [0.15, 0.2) is 18.1 Å². The lowest BCUT2D eigenvalue weighted by atomic mass is 9.87. The van der Waals surface area contributed by atoms with Gasteiger partial charge < -0.3 is 14.4 Å². The largest absolute Gasteiger partial charge is 0.469 e. The van der Waals surface area contributed by atoms with Crippen LogP contribution in [-0.4, -0.2) is 36.6 Å². The van der Waals surface area contributed by atoms with Crippen molar-refractivity contribution in [3.63, 3.8) is 0 Å². The van der Waals surface area contributed by atoms with Gasteiger partial charge in [-0.05, 0) is 44.7 Å². The second-order valence-electron chi connectivity index (χ2n) is 8.03. The second kappa shape index (κ2) is 7.18.